The second-order valence-corrected chi connectivity index (χ2v) is 3.15. The summed E-state index contributed by atoms with van der Waals surface area (Å²) in [4.78, 5) is 11.1. The van der Waals surface area contributed by atoms with Crippen LogP contribution in [0.4, 0.5) is 0 Å². The SMILES string of the molecule is CCC(=O)NC(OC)C(CC)CC. The molecular weight excluding hydrogens is 166 g/mol. The van der Waals surface area contributed by atoms with Crippen LogP contribution in [0.2, 0.25) is 0 Å². The maximum Gasteiger partial charge on any atom is 0.221 e. The van der Waals surface area contributed by atoms with Crippen LogP contribution in [0.15, 0.2) is 0 Å². The van der Waals surface area contributed by atoms with Crippen LogP contribution in [0.5, 0.6) is 0 Å². The van der Waals surface area contributed by atoms with Crippen molar-refractivity contribution in [1.82, 2.24) is 5.32 Å². The van der Waals surface area contributed by atoms with Crippen molar-refractivity contribution in [1.29, 1.82) is 0 Å². The van der Waals surface area contributed by atoms with E-state index in [2.05, 4.69) is 19.2 Å². The van der Waals surface area contributed by atoms with E-state index in [0.29, 0.717) is 12.3 Å². The van der Waals surface area contributed by atoms with Crippen molar-refractivity contribution >= 4 is 5.91 Å². The molecule has 13 heavy (non-hydrogen) atoms. The molecule has 0 radical (unpaired) electrons. The van der Waals surface area contributed by atoms with Gasteiger partial charge in [0.15, 0.2) is 0 Å². The Morgan fingerprint density at radius 3 is 2.15 bits per heavy atom. The summed E-state index contributed by atoms with van der Waals surface area (Å²) in [7, 11) is 1.64. The molecule has 0 saturated heterocycles. The Morgan fingerprint density at radius 1 is 1.31 bits per heavy atom. The summed E-state index contributed by atoms with van der Waals surface area (Å²) in [5.74, 6) is 0.472. The maximum atomic E-state index is 11.1. The number of nitrogens with one attached hydrogen (secondary N) is 1. The highest BCUT2D eigenvalue weighted by atomic mass is 16.5. The molecular formula is C10H21NO2. The third-order valence-corrected chi connectivity index (χ3v) is 2.36. The number of carbonyl (C=O) groups is 1. The normalized spacial score (nSPS) is 13.0. The third kappa shape index (κ3) is 4.27. The van der Waals surface area contributed by atoms with Gasteiger partial charge in [-0.05, 0) is 12.8 Å². The first kappa shape index (κ1) is 12.4. The van der Waals surface area contributed by atoms with Crippen LogP contribution in [-0.4, -0.2) is 19.2 Å². The van der Waals surface area contributed by atoms with Crippen LogP contribution in [0.1, 0.15) is 40.0 Å². The predicted molar refractivity (Wildman–Crippen MR) is 53.3 cm³/mol. The molecule has 78 valence electrons. The molecule has 0 heterocycles. The second kappa shape index (κ2) is 6.89. The highest BCUT2D eigenvalue weighted by Crippen LogP contribution is 2.13. The summed E-state index contributed by atoms with van der Waals surface area (Å²) < 4.78 is 5.23. The van der Waals surface area contributed by atoms with Crippen molar-refractivity contribution in [2.75, 3.05) is 7.11 Å². The van der Waals surface area contributed by atoms with Crippen LogP contribution in [-0.2, 0) is 9.53 Å². The summed E-state index contributed by atoms with van der Waals surface area (Å²) >= 11 is 0. The van der Waals surface area contributed by atoms with Gasteiger partial charge in [-0.15, -0.1) is 0 Å². The molecule has 1 N–H and O–H groups in total. The first-order valence-electron chi connectivity index (χ1n) is 5.01. The quantitative estimate of drug-likeness (QED) is 0.645. The van der Waals surface area contributed by atoms with E-state index in [0.717, 1.165) is 12.8 Å². The fourth-order valence-corrected chi connectivity index (χ4v) is 1.35. The standard InChI is InChI=1S/C10H21NO2/c1-5-8(6-2)10(13-4)11-9(12)7-3/h8,10H,5-7H2,1-4H3,(H,11,12). The Morgan fingerprint density at radius 2 is 1.85 bits per heavy atom. The molecule has 1 atom stereocenters. The van der Waals surface area contributed by atoms with E-state index in [1.54, 1.807) is 7.11 Å². The van der Waals surface area contributed by atoms with E-state index >= 15 is 0 Å². The van der Waals surface area contributed by atoms with Gasteiger partial charge in [-0.25, -0.2) is 0 Å². The van der Waals surface area contributed by atoms with E-state index < -0.39 is 0 Å². The molecule has 0 saturated carbocycles. The molecule has 0 fully saturated rings. The number of hydrogen-bond donors (Lipinski definition) is 1. The Hall–Kier alpha value is -0.570. The van der Waals surface area contributed by atoms with Crippen molar-refractivity contribution in [3.05, 3.63) is 0 Å². The maximum absolute atomic E-state index is 11.1. The van der Waals surface area contributed by atoms with Crippen molar-refractivity contribution < 1.29 is 9.53 Å². The summed E-state index contributed by atoms with van der Waals surface area (Å²) in [5.41, 5.74) is 0. The van der Waals surface area contributed by atoms with E-state index in [9.17, 15) is 4.79 Å². The van der Waals surface area contributed by atoms with Crippen LogP contribution in [0, 0.1) is 5.92 Å². The molecule has 0 spiro atoms. The van der Waals surface area contributed by atoms with E-state index in [1.807, 2.05) is 6.92 Å². The Balaban J connectivity index is 4.06. The number of methoxy groups -OCH3 is 1. The van der Waals surface area contributed by atoms with Gasteiger partial charge in [-0.1, -0.05) is 20.8 Å². The van der Waals surface area contributed by atoms with Crippen LogP contribution in [0.25, 0.3) is 0 Å². The van der Waals surface area contributed by atoms with Gasteiger partial charge in [-0.3, -0.25) is 4.79 Å². The van der Waals surface area contributed by atoms with Gasteiger partial charge in [0.25, 0.3) is 0 Å². The van der Waals surface area contributed by atoms with Crippen LogP contribution >= 0.6 is 0 Å². The second-order valence-electron chi connectivity index (χ2n) is 3.15. The summed E-state index contributed by atoms with van der Waals surface area (Å²) in [6.07, 6.45) is 2.44. The Kier molecular flexibility index (Phi) is 6.59. The molecule has 0 aromatic rings. The molecule has 0 aliphatic rings. The summed E-state index contributed by atoms with van der Waals surface area (Å²) in [5, 5.41) is 2.86. The van der Waals surface area contributed by atoms with Crippen molar-refractivity contribution in [3.63, 3.8) is 0 Å². The number of hydrogen-bond acceptors (Lipinski definition) is 2. The molecule has 1 amide bonds. The zero-order chi connectivity index (χ0) is 10.3. The van der Waals surface area contributed by atoms with Gasteiger partial charge in [0.2, 0.25) is 5.91 Å². The zero-order valence-electron chi connectivity index (χ0n) is 9.09. The summed E-state index contributed by atoms with van der Waals surface area (Å²) in [6, 6.07) is 0. The molecule has 0 bridgehead atoms. The molecule has 0 aliphatic carbocycles. The number of rotatable bonds is 6. The van der Waals surface area contributed by atoms with Gasteiger partial charge in [0, 0.05) is 19.4 Å². The molecule has 3 heteroatoms. The monoisotopic (exact) mass is 187 g/mol. The number of ether oxygens (including phenoxy) is 1. The highest BCUT2D eigenvalue weighted by molar-refractivity contribution is 5.75. The lowest BCUT2D eigenvalue weighted by atomic mass is 10.0. The molecule has 0 aromatic heterocycles. The lowest BCUT2D eigenvalue weighted by Gasteiger charge is -2.24. The lowest BCUT2D eigenvalue weighted by Crippen LogP contribution is -2.41. The minimum Gasteiger partial charge on any atom is -0.361 e. The smallest absolute Gasteiger partial charge is 0.221 e. The molecule has 3 nitrogen and oxygen atoms in total. The highest BCUT2D eigenvalue weighted by Gasteiger charge is 2.18. The van der Waals surface area contributed by atoms with Crippen molar-refractivity contribution in [2.24, 2.45) is 5.92 Å². The van der Waals surface area contributed by atoms with E-state index in [-0.39, 0.29) is 12.1 Å². The number of carbonyl (C=O) groups excluding carboxylic acids is 1. The predicted octanol–water partition coefficient (Wildman–Crippen LogP) is 1.92. The first-order valence-corrected chi connectivity index (χ1v) is 5.01. The van der Waals surface area contributed by atoms with Crippen molar-refractivity contribution in [2.45, 2.75) is 46.3 Å². The number of amides is 1. The van der Waals surface area contributed by atoms with Crippen molar-refractivity contribution in [3.8, 4) is 0 Å². The molecule has 0 rings (SSSR count). The first-order chi connectivity index (χ1) is 6.19. The third-order valence-electron chi connectivity index (χ3n) is 2.36. The van der Waals surface area contributed by atoms with Gasteiger partial charge < -0.3 is 10.1 Å². The van der Waals surface area contributed by atoms with Gasteiger partial charge >= 0.3 is 0 Å². The van der Waals surface area contributed by atoms with E-state index in [4.69, 9.17) is 4.74 Å². The Labute approximate surface area is 80.8 Å². The summed E-state index contributed by atoms with van der Waals surface area (Å²) in [6.45, 7) is 6.06. The van der Waals surface area contributed by atoms with Gasteiger partial charge in [-0.2, -0.15) is 0 Å². The van der Waals surface area contributed by atoms with Crippen LogP contribution < -0.4 is 5.32 Å². The minimum atomic E-state index is -0.123. The van der Waals surface area contributed by atoms with E-state index in [1.165, 1.54) is 0 Å². The fourth-order valence-electron chi connectivity index (χ4n) is 1.35. The average Bonchev–Trinajstić information content (AvgIpc) is 2.17. The largest absolute Gasteiger partial charge is 0.361 e. The fraction of sp³-hybridized carbons (Fsp3) is 0.900. The zero-order valence-corrected chi connectivity index (χ0v) is 9.09. The van der Waals surface area contributed by atoms with Crippen LogP contribution in [0.3, 0.4) is 0 Å². The average molecular weight is 187 g/mol. The minimum absolute atomic E-state index is 0.0544. The molecule has 1 unspecified atom stereocenters. The van der Waals surface area contributed by atoms with Gasteiger partial charge in [0.1, 0.15) is 6.23 Å². The Bertz CT molecular complexity index is 144. The van der Waals surface area contributed by atoms with Gasteiger partial charge in [0.05, 0.1) is 0 Å². The molecule has 0 aliphatic heterocycles. The molecule has 0 aromatic carbocycles. The lowest BCUT2D eigenvalue weighted by molar-refractivity contribution is -0.126. The topological polar surface area (TPSA) is 38.3 Å².